The number of rotatable bonds is 3. The van der Waals surface area contributed by atoms with Crippen LogP contribution in [0.25, 0.3) is 0 Å². The van der Waals surface area contributed by atoms with Crippen LogP contribution in [0.3, 0.4) is 0 Å². The molecular formula is C14H15NO3. The van der Waals surface area contributed by atoms with Gasteiger partial charge in [-0.05, 0) is 43.2 Å². The number of anilines is 1. The summed E-state index contributed by atoms with van der Waals surface area (Å²) in [7, 11) is 1.57. The van der Waals surface area contributed by atoms with E-state index in [2.05, 4.69) is 5.32 Å². The molecule has 0 aliphatic rings. The number of carbonyl (C=O) groups is 1. The number of carbonyl (C=O) groups excluding carboxylic acids is 1. The van der Waals surface area contributed by atoms with E-state index >= 15 is 0 Å². The fourth-order valence-electron chi connectivity index (χ4n) is 1.65. The Balaban J connectivity index is 2.23. The van der Waals surface area contributed by atoms with E-state index in [0.717, 1.165) is 11.1 Å². The van der Waals surface area contributed by atoms with Crippen molar-refractivity contribution in [1.82, 2.24) is 0 Å². The van der Waals surface area contributed by atoms with Crippen molar-refractivity contribution in [3.8, 4) is 5.75 Å². The molecule has 0 radical (unpaired) electrons. The van der Waals surface area contributed by atoms with Gasteiger partial charge in [0.25, 0.3) is 5.91 Å². The number of aryl methyl sites for hydroxylation is 2. The summed E-state index contributed by atoms with van der Waals surface area (Å²) in [6.07, 6.45) is 1.54. The highest BCUT2D eigenvalue weighted by Gasteiger charge is 2.12. The summed E-state index contributed by atoms with van der Waals surface area (Å²) >= 11 is 0. The van der Waals surface area contributed by atoms with Crippen LogP contribution in [0.1, 0.15) is 21.7 Å². The van der Waals surface area contributed by atoms with E-state index < -0.39 is 0 Å². The molecule has 0 saturated carbocycles. The Bertz CT molecular complexity index is 572. The number of nitrogens with one attached hydrogen (secondary N) is 1. The first-order valence-electron chi connectivity index (χ1n) is 5.61. The summed E-state index contributed by atoms with van der Waals surface area (Å²) in [6, 6.07) is 7.29. The van der Waals surface area contributed by atoms with E-state index in [9.17, 15) is 4.79 Å². The van der Waals surface area contributed by atoms with Crippen molar-refractivity contribution in [2.45, 2.75) is 13.8 Å². The molecule has 0 spiro atoms. The predicted molar refractivity (Wildman–Crippen MR) is 69.1 cm³/mol. The molecule has 0 saturated heterocycles. The molecule has 0 fully saturated rings. The first-order chi connectivity index (χ1) is 8.60. The molecule has 2 rings (SSSR count). The molecule has 4 nitrogen and oxygen atoms in total. The Morgan fingerprint density at radius 2 is 2.00 bits per heavy atom. The Hall–Kier alpha value is -2.23. The van der Waals surface area contributed by atoms with Gasteiger partial charge in [0.1, 0.15) is 5.75 Å². The average molecular weight is 245 g/mol. The average Bonchev–Trinajstić information content (AvgIpc) is 2.76. The minimum Gasteiger partial charge on any atom is -0.495 e. The lowest BCUT2D eigenvalue weighted by Crippen LogP contribution is -2.11. The third-order valence-corrected chi connectivity index (χ3v) is 2.56. The smallest absolute Gasteiger partial charge is 0.291 e. The minimum absolute atomic E-state index is 0.285. The van der Waals surface area contributed by atoms with Gasteiger partial charge >= 0.3 is 0 Å². The highest BCUT2D eigenvalue weighted by atomic mass is 16.5. The zero-order valence-corrected chi connectivity index (χ0v) is 10.6. The molecule has 0 aliphatic heterocycles. The molecule has 0 bridgehead atoms. The number of methoxy groups -OCH3 is 1. The number of benzene rings is 1. The van der Waals surface area contributed by atoms with Gasteiger partial charge in [-0.15, -0.1) is 0 Å². The van der Waals surface area contributed by atoms with Gasteiger partial charge in [-0.2, -0.15) is 0 Å². The Morgan fingerprint density at radius 1 is 1.22 bits per heavy atom. The van der Waals surface area contributed by atoms with Crippen LogP contribution in [0.5, 0.6) is 5.75 Å². The molecular weight excluding hydrogens is 230 g/mol. The maximum absolute atomic E-state index is 11.9. The molecule has 94 valence electrons. The standard InChI is InChI=1S/C14H15NO3/c1-9-4-5-12(17-3)11(6-9)15-14(16)13-7-10(2)8-18-13/h4-8H,1-3H3,(H,15,16). The summed E-state index contributed by atoms with van der Waals surface area (Å²) in [4.78, 5) is 11.9. The zero-order chi connectivity index (χ0) is 13.1. The van der Waals surface area contributed by atoms with E-state index in [1.807, 2.05) is 32.0 Å². The number of furan rings is 1. The van der Waals surface area contributed by atoms with Crippen LogP contribution in [-0.4, -0.2) is 13.0 Å². The van der Waals surface area contributed by atoms with Gasteiger partial charge in [0.15, 0.2) is 5.76 Å². The second-order valence-corrected chi connectivity index (χ2v) is 4.15. The Labute approximate surface area is 106 Å². The van der Waals surface area contributed by atoms with E-state index in [1.54, 1.807) is 19.4 Å². The Kier molecular flexibility index (Phi) is 3.37. The van der Waals surface area contributed by atoms with Crippen LogP contribution in [0.15, 0.2) is 34.9 Å². The van der Waals surface area contributed by atoms with Crippen molar-refractivity contribution in [1.29, 1.82) is 0 Å². The number of hydrogen-bond donors (Lipinski definition) is 1. The monoisotopic (exact) mass is 245 g/mol. The molecule has 4 heteroatoms. The third-order valence-electron chi connectivity index (χ3n) is 2.56. The van der Waals surface area contributed by atoms with E-state index in [1.165, 1.54) is 0 Å². The van der Waals surface area contributed by atoms with Crippen molar-refractivity contribution >= 4 is 11.6 Å². The Morgan fingerprint density at radius 3 is 2.61 bits per heavy atom. The fraction of sp³-hybridized carbons (Fsp3) is 0.214. The fourth-order valence-corrected chi connectivity index (χ4v) is 1.65. The predicted octanol–water partition coefficient (Wildman–Crippen LogP) is 3.16. The summed E-state index contributed by atoms with van der Waals surface area (Å²) in [5.74, 6) is 0.625. The molecule has 0 atom stereocenters. The first-order valence-corrected chi connectivity index (χ1v) is 5.61. The van der Waals surface area contributed by atoms with Crippen molar-refractivity contribution in [2.24, 2.45) is 0 Å². The normalized spacial score (nSPS) is 10.2. The molecule has 1 N–H and O–H groups in total. The van der Waals surface area contributed by atoms with Gasteiger partial charge in [0, 0.05) is 0 Å². The largest absolute Gasteiger partial charge is 0.495 e. The second kappa shape index (κ2) is 4.96. The van der Waals surface area contributed by atoms with Gasteiger partial charge < -0.3 is 14.5 Å². The van der Waals surface area contributed by atoms with Gasteiger partial charge in [0.2, 0.25) is 0 Å². The molecule has 1 aromatic heterocycles. The highest BCUT2D eigenvalue weighted by molar-refractivity contribution is 6.03. The third kappa shape index (κ3) is 2.53. The summed E-state index contributed by atoms with van der Waals surface area (Å²) < 4.78 is 10.3. The van der Waals surface area contributed by atoms with Crippen molar-refractivity contribution < 1.29 is 13.9 Å². The van der Waals surface area contributed by atoms with Gasteiger partial charge in [0.05, 0.1) is 19.1 Å². The second-order valence-electron chi connectivity index (χ2n) is 4.15. The molecule has 0 aliphatic carbocycles. The SMILES string of the molecule is COc1ccc(C)cc1NC(=O)c1cc(C)co1. The van der Waals surface area contributed by atoms with Crippen LogP contribution < -0.4 is 10.1 Å². The van der Waals surface area contributed by atoms with Crippen LogP contribution in [0.4, 0.5) is 5.69 Å². The van der Waals surface area contributed by atoms with E-state index in [4.69, 9.17) is 9.15 Å². The molecule has 1 heterocycles. The van der Waals surface area contributed by atoms with Gasteiger partial charge in [-0.25, -0.2) is 0 Å². The number of hydrogen-bond acceptors (Lipinski definition) is 3. The highest BCUT2D eigenvalue weighted by Crippen LogP contribution is 2.25. The minimum atomic E-state index is -0.285. The molecule has 1 aromatic carbocycles. The van der Waals surface area contributed by atoms with Crippen LogP contribution >= 0.6 is 0 Å². The molecule has 1 amide bonds. The zero-order valence-electron chi connectivity index (χ0n) is 10.6. The van der Waals surface area contributed by atoms with Gasteiger partial charge in [-0.3, -0.25) is 4.79 Å². The quantitative estimate of drug-likeness (QED) is 0.903. The maximum Gasteiger partial charge on any atom is 0.291 e. The molecule has 2 aromatic rings. The van der Waals surface area contributed by atoms with E-state index in [0.29, 0.717) is 11.4 Å². The van der Waals surface area contributed by atoms with E-state index in [-0.39, 0.29) is 11.7 Å². The summed E-state index contributed by atoms with van der Waals surface area (Å²) in [5.41, 5.74) is 2.59. The van der Waals surface area contributed by atoms with Crippen molar-refractivity contribution in [3.63, 3.8) is 0 Å². The van der Waals surface area contributed by atoms with Crippen molar-refractivity contribution in [2.75, 3.05) is 12.4 Å². The molecule has 0 unspecified atom stereocenters. The lowest BCUT2D eigenvalue weighted by Gasteiger charge is -2.09. The van der Waals surface area contributed by atoms with Crippen LogP contribution in [0.2, 0.25) is 0 Å². The summed E-state index contributed by atoms with van der Waals surface area (Å²) in [6.45, 7) is 3.82. The van der Waals surface area contributed by atoms with Crippen LogP contribution in [-0.2, 0) is 0 Å². The summed E-state index contributed by atoms with van der Waals surface area (Å²) in [5, 5.41) is 2.77. The topological polar surface area (TPSA) is 51.5 Å². The maximum atomic E-state index is 11.9. The number of ether oxygens (including phenoxy) is 1. The number of amides is 1. The van der Waals surface area contributed by atoms with Crippen molar-refractivity contribution in [3.05, 3.63) is 47.4 Å². The van der Waals surface area contributed by atoms with Crippen LogP contribution in [0, 0.1) is 13.8 Å². The first kappa shape index (κ1) is 12.2. The lowest BCUT2D eigenvalue weighted by atomic mass is 10.2. The lowest BCUT2D eigenvalue weighted by molar-refractivity contribution is 0.0996. The molecule has 18 heavy (non-hydrogen) atoms. The van der Waals surface area contributed by atoms with Gasteiger partial charge in [-0.1, -0.05) is 6.07 Å².